The molecule has 1 aliphatic rings. The number of carbonyl (C=O) groups is 3. The normalized spacial score (nSPS) is 14.1. The van der Waals surface area contributed by atoms with Crippen LogP contribution in [0.25, 0.3) is 10.8 Å². The second kappa shape index (κ2) is 16.6. The Morgan fingerprint density at radius 1 is 0.698 bits per heavy atom. The highest BCUT2D eigenvalue weighted by atomic mass is 32.2. The first-order valence-electron chi connectivity index (χ1n) is 16.9. The van der Waals surface area contributed by atoms with Crippen molar-refractivity contribution in [1.82, 2.24) is 9.80 Å². The number of nitrogens with two attached hydrogens (primary N) is 2. The van der Waals surface area contributed by atoms with Crippen LogP contribution in [0, 0.1) is 0 Å². The van der Waals surface area contributed by atoms with Crippen molar-refractivity contribution in [1.29, 1.82) is 0 Å². The van der Waals surface area contributed by atoms with Gasteiger partial charge in [-0.15, -0.1) is 0 Å². The number of anilines is 3. The lowest BCUT2D eigenvalue weighted by atomic mass is 10.1. The number of sulfonamides is 2. The number of rotatable bonds is 16. The topological polar surface area (TPSA) is 206 Å². The van der Waals surface area contributed by atoms with E-state index in [1.54, 1.807) is 24.3 Å². The molecule has 15 nitrogen and oxygen atoms in total. The van der Waals surface area contributed by atoms with Crippen LogP contribution < -0.4 is 30.1 Å². The fourth-order valence-electron chi connectivity index (χ4n) is 6.11. The summed E-state index contributed by atoms with van der Waals surface area (Å²) in [7, 11) is -7.40. The molecule has 17 heteroatoms. The lowest BCUT2D eigenvalue weighted by Crippen LogP contribution is -2.46. The number of methoxy groups -OCH3 is 1. The van der Waals surface area contributed by atoms with Gasteiger partial charge in [-0.2, -0.15) is 0 Å². The second-order valence-electron chi connectivity index (χ2n) is 12.4. The standard InChI is InChI=1S/C36H43N7O8S2/c1-3-40-20-22-41(23-21-40)19-18-36(46)39-26-8-12-28(13-9-26)52(47,48)42(24-34(37)44)32-16-17-33(31-7-5-4-6-30(31)32)43(25-35(38)45)53(49,50)29-14-10-27(51-2)11-15-29/h4-17H,3,18-25H2,1-2H3,(H2,37,44)(H2,38,45)(H,39,46). The van der Waals surface area contributed by atoms with E-state index in [2.05, 4.69) is 22.0 Å². The Bertz CT molecular complexity index is 2170. The molecule has 1 fully saturated rings. The van der Waals surface area contributed by atoms with Crippen molar-refractivity contribution in [2.75, 3.05) is 73.4 Å². The van der Waals surface area contributed by atoms with Gasteiger partial charge in [-0.3, -0.25) is 23.0 Å². The summed E-state index contributed by atoms with van der Waals surface area (Å²) in [5.41, 5.74) is 11.5. The van der Waals surface area contributed by atoms with E-state index < -0.39 is 45.0 Å². The highest BCUT2D eigenvalue weighted by Gasteiger charge is 2.32. The van der Waals surface area contributed by atoms with E-state index in [-0.39, 0.29) is 44.3 Å². The van der Waals surface area contributed by atoms with Crippen LogP contribution in [0.1, 0.15) is 13.3 Å². The van der Waals surface area contributed by atoms with Gasteiger partial charge in [0.05, 0.1) is 28.3 Å². The number of nitrogens with zero attached hydrogens (tertiary/aromatic N) is 4. The van der Waals surface area contributed by atoms with E-state index in [1.165, 1.54) is 67.8 Å². The van der Waals surface area contributed by atoms with E-state index in [4.69, 9.17) is 16.2 Å². The molecule has 4 aromatic rings. The number of amides is 3. The summed E-state index contributed by atoms with van der Waals surface area (Å²) in [5, 5.41) is 3.30. The van der Waals surface area contributed by atoms with Crippen LogP contribution >= 0.6 is 0 Å². The maximum absolute atomic E-state index is 14.2. The number of fused-ring (bicyclic) bond motifs is 1. The van der Waals surface area contributed by atoms with Crippen LogP contribution in [0.15, 0.2) is 94.7 Å². The molecule has 53 heavy (non-hydrogen) atoms. The number of primary amides is 2. The average molecular weight is 766 g/mol. The van der Waals surface area contributed by atoms with Crippen molar-refractivity contribution < 1.29 is 36.0 Å². The number of ether oxygens (including phenoxy) is 1. The number of hydrogen-bond donors (Lipinski definition) is 3. The fraction of sp³-hybridized carbons (Fsp3) is 0.306. The first kappa shape index (κ1) is 39.0. The first-order chi connectivity index (χ1) is 25.2. The molecule has 3 amide bonds. The average Bonchev–Trinajstić information content (AvgIpc) is 3.15. The van der Waals surface area contributed by atoms with Crippen LogP contribution in [0.2, 0.25) is 0 Å². The van der Waals surface area contributed by atoms with Crippen LogP contribution in [0.3, 0.4) is 0 Å². The molecule has 5 N–H and O–H groups in total. The third-order valence-electron chi connectivity index (χ3n) is 8.96. The van der Waals surface area contributed by atoms with Crippen LogP contribution in [0.5, 0.6) is 5.75 Å². The summed E-state index contributed by atoms with van der Waals surface area (Å²) in [6.07, 6.45) is 0.278. The van der Waals surface area contributed by atoms with Gasteiger partial charge in [0.1, 0.15) is 18.8 Å². The van der Waals surface area contributed by atoms with Crippen LogP contribution in [-0.2, 0) is 34.4 Å². The minimum absolute atomic E-state index is 0.0289. The minimum Gasteiger partial charge on any atom is -0.497 e. The molecule has 0 aliphatic carbocycles. The number of nitrogens with one attached hydrogen (secondary N) is 1. The van der Waals surface area contributed by atoms with Gasteiger partial charge >= 0.3 is 0 Å². The van der Waals surface area contributed by atoms with Crippen LogP contribution in [-0.4, -0.2) is 104 Å². The lowest BCUT2D eigenvalue weighted by molar-refractivity contribution is -0.117. The fourth-order valence-corrected chi connectivity index (χ4v) is 9.01. The number of carbonyl (C=O) groups excluding carboxylic acids is 3. The van der Waals surface area contributed by atoms with E-state index in [9.17, 15) is 31.2 Å². The van der Waals surface area contributed by atoms with Gasteiger partial charge in [0.15, 0.2) is 0 Å². The monoisotopic (exact) mass is 765 g/mol. The number of likely N-dealkylation sites (N-methyl/N-ethyl adjacent to an activating group) is 1. The Labute approximate surface area is 309 Å². The molecule has 0 aromatic heterocycles. The minimum atomic E-state index is -4.46. The summed E-state index contributed by atoms with van der Waals surface area (Å²) in [4.78, 5) is 41.5. The van der Waals surface area contributed by atoms with Crippen LogP contribution in [0.4, 0.5) is 17.1 Å². The molecular weight excluding hydrogens is 723 g/mol. The molecule has 1 saturated heterocycles. The molecule has 5 rings (SSSR count). The SMILES string of the molecule is CCN1CCN(CCC(=O)Nc2ccc(S(=O)(=O)N(CC(N)=O)c3ccc(N(CC(N)=O)S(=O)(=O)c4ccc(OC)cc4)c4ccccc34)cc2)CC1. The summed E-state index contributed by atoms with van der Waals surface area (Å²) in [6, 6.07) is 20.1. The molecule has 4 aromatic carbocycles. The molecule has 0 spiro atoms. The Balaban J connectivity index is 1.44. The molecule has 0 bridgehead atoms. The van der Waals surface area contributed by atoms with Gasteiger partial charge in [0.25, 0.3) is 20.0 Å². The van der Waals surface area contributed by atoms with E-state index in [0.717, 1.165) is 41.3 Å². The summed E-state index contributed by atoms with van der Waals surface area (Å²) in [6.45, 7) is 5.97. The molecular formula is C36H43N7O8S2. The highest BCUT2D eigenvalue weighted by molar-refractivity contribution is 7.93. The van der Waals surface area contributed by atoms with E-state index in [0.29, 0.717) is 18.0 Å². The van der Waals surface area contributed by atoms with Crippen molar-refractivity contribution in [2.24, 2.45) is 11.5 Å². The summed E-state index contributed by atoms with van der Waals surface area (Å²) < 4.78 is 63.0. The van der Waals surface area contributed by atoms with Crippen molar-refractivity contribution in [2.45, 2.75) is 23.1 Å². The Morgan fingerprint density at radius 2 is 1.15 bits per heavy atom. The quantitative estimate of drug-likeness (QED) is 0.152. The predicted octanol–water partition coefficient (Wildman–Crippen LogP) is 2.18. The largest absolute Gasteiger partial charge is 0.497 e. The van der Waals surface area contributed by atoms with Crippen molar-refractivity contribution >= 4 is 65.6 Å². The van der Waals surface area contributed by atoms with E-state index >= 15 is 0 Å². The van der Waals surface area contributed by atoms with E-state index in [1.807, 2.05) is 0 Å². The zero-order chi connectivity index (χ0) is 38.3. The molecule has 0 atom stereocenters. The third kappa shape index (κ3) is 9.05. The van der Waals surface area contributed by atoms with Gasteiger partial charge in [-0.1, -0.05) is 31.2 Å². The zero-order valence-corrected chi connectivity index (χ0v) is 31.1. The van der Waals surface area contributed by atoms with Crippen molar-refractivity contribution in [3.8, 4) is 5.75 Å². The smallest absolute Gasteiger partial charge is 0.264 e. The highest BCUT2D eigenvalue weighted by Crippen LogP contribution is 2.38. The second-order valence-corrected chi connectivity index (χ2v) is 16.1. The molecule has 1 heterocycles. The number of hydrogen-bond acceptors (Lipinski definition) is 10. The first-order valence-corrected chi connectivity index (χ1v) is 19.7. The van der Waals surface area contributed by atoms with Crippen molar-refractivity contribution in [3.05, 3.63) is 84.9 Å². The van der Waals surface area contributed by atoms with Gasteiger partial charge in [-0.25, -0.2) is 16.8 Å². The Hall–Kier alpha value is -5.23. The molecule has 0 saturated carbocycles. The third-order valence-corrected chi connectivity index (χ3v) is 12.5. The molecule has 0 unspecified atom stereocenters. The lowest BCUT2D eigenvalue weighted by Gasteiger charge is -2.33. The molecule has 282 valence electrons. The van der Waals surface area contributed by atoms with Gasteiger partial charge in [0.2, 0.25) is 17.7 Å². The summed E-state index contributed by atoms with van der Waals surface area (Å²) >= 11 is 0. The van der Waals surface area contributed by atoms with Gasteiger partial charge in [-0.05, 0) is 67.2 Å². The zero-order valence-electron chi connectivity index (χ0n) is 29.5. The Kier molecular flexibility index (Phi) is 12.2. The predicted molar refractivity (Wildman–Crippen MR) is 203 cm³/mol. The maximum Gasteiger partial charge on any atom is 0.264 e. The Morgan fingerprint density at radius 3 is 1.58 bits per heavy atom. The summed E-state index contributed by atoms with van der Waals surface area (Å²) in [5.74, 6) is -1.67. The number of piperazine rings is 1. The van der Waals surface area contributed by atoms with Gasteiger partial charge < -0.3 is 31.3 Å². The molecule has 0 radical (unpaired) electrons. The molecule has 1 aliphatic heterocycles. The van der Waals surface area contributed by atoms with Crippen molar-refractivity contribution in [3.63, 3.8) is 0 Å². The maximum atomic E-state index is 14.2. The number of benzene rings is 4. The van der Waals surface area contributed by atoms with Gasteiger partial charge in [0, 0.05) is 55.6 Å².